The van der Waals surface area contributed by atoms with Crippen molar-refractivity contribution >= 4 is 33.1 Å². The molecule has 3 nitrogen and oxygen atoms in total. The fourth-order valence-electron chi connectivity index (χ4n) is 3.74. The summed E-state index contributed by atoms with van der Waals surface area (Å²) in [6, 6.07) is 25.0. The van der Waals surface area contributed by atoms with Gasteiger partial charge in [0.2, 0.25) is 0 Å². The Kier molecular flexibility index (Phi) is 7.55. The summed E-state index contributed by atoms with van der Waals surface area (Å²) in [5, 5.41) is 13.8. The van der Waals surface area contributed by atoms with E-state index in [0.717, 1.165) is 39.9 Å². The summed E-state index contributed by atoms with van der Waals surface area (Å²) in [7, 11) is 0. The molecule has 0 amide bonds. The fourth-order valence-corrected chi connectivity index (χ4v) is 3.74. The van der Waals surface area contributed by atoms with Crippen LogP contribution in [0.1, 0.15) is 60.2 Å². The Labute approximate surface area is 183 Å². The van der Waals surface area contributed by atoms with Crippen LogP contribution in [0, 0.1) is 0 Å². The first-order valence-electron chi connectivity index (χ1n) is 10.8. The minimum absolute atomic E-state index is 0.0109. The number of phenols is 1. The highest BCUT2D eigenvalue weighted by molar-refractivity contribution is 6.10. The second-order valence-electron chi connectivity index (χ2n) is 7.55. The van der Waals surface area contributed by atoms with E-state index < -0.39 is 0 Å². The maximum Gasteiger partial charge on any atom is 0.167 e. The smallest absolute Gasteiger partial charge is 0.167 e. The molecule has 0 saturated carbocycles. The van der Waals surface area contributed by atoms with E-state index in [1.165, 1.54) is 0 Å². The van der Waals surface area contributed by atoms with Gasteiger partial charge >= 0.3 is 0 Å². The van der Waals surface area contributed by atoms with Crippen molar-refractivity contribution in [1.82, 2.24) is 0 Å². The quantitative estimate of drug-likeness (QED) is 0.337. The molecule has 0 fully saturated rings. The summed E-state index contributed by atoms with van der Waals surface area (Å²) in [5.74, 6) is 0.336. The monoisotopic (exact) mass is 412 g/mol. The zero-order valence-electron chi connectivity index (χ0n) is 18.1. The Balaban J connectivity index is 0.000000176. The summed E-state index contributed by atoms with van der Waals surface area (Å²) in [5.41, 5.74) is 1.31. The van der Waals surface area contributed by atoms with Gasteiger partial charge in [-0.3, -0.25) is 9.59 Å². The van der Waals surface area contributed by atoms with E-state index in [0.29, 0.717) is 18.4 Å². The lowest BCUT2D eigenvalue weighted by atomic mass is 9.98. The van der Waals surface area contributed by atoms with Crippen LogP contribution in [0.2, 0.25) is 0 Å². The summed E-state index contributed by atoms with van der Waals surface area (Å²) in [4.78, 5) is 23.8. The number of rotatable bonds is 6. The molecule has 4 aromatic carbocycles. The number of aromatic hydroxyl groups is 1. The predicted molar refractivity (Wildman–Crippen MR) is 128 cm³/mol. The van der Waals surface area contributed by atoms with E-state index in [2.05, 4.69) is 0 Å². The first kappa shape index (κ1) is 22.2. The van der Waals surface area contributed by atoms with Gasteiger partial charge in [0.05, 0.1) is 5.56 Å². The lowest BCUT2D eigenvalue weighted by Crippen LogP contribution is -1.99. The van der Waals surface area contributed by atoms with Crippen LogP contribution in [0.3, 0.4) is 0 Å². The average Bonchev–Trinajstić information content (AvgIpc) is 2.79. The van der Waals surface area contributed by atoms with Gasteiger partial charge in [0.25, 0.3) is 0 Å². The molecule has 31 heavy (non-hydrogen) atoms. The van der Waals surface area contributed by atoms with E-state index in [4.69, 9.17) is 0 Å². The molecule has 0 bridgehead atoms. The number of phenolic OH excluding ortho intramolecular Hbond substituents is 1. The second-order valence-corrected chi connectivity index (χ2v) is 7.55. The number of carbonyl (C=O) groups excluding carboxylic acids is 2. The third kappa shape index (κ3) is 5.18. The molecular weight excluding hydrogens is 384 g/mol. The van der Waals surface area contributed by atoms with Gasteiger partial charge < -0.3 is 5.11 Å². The zero-order valence-corrected chi connectivity index (χ0v) is 18.1. The Morgan fingerprint density at radius 2 is 1.19 bits per heavy atom. The molecule has 158 valence electrons. The van der Waals surface area contributed by atoms with Gasteiger partial charge in [-0.25, -0.2) is 0 Å². The molecule has 0 atom stereocenters. The van der Waals surface area contributed by atoms with Gasteiger partial charge in [0.15, 0.2) is 11.6 Å². The van der Waals surface area contributed by atoms with Crippen LogP contribution in [0.25, 0.3) is 21.5 Å². The van der Waals surface area contributed by atoms with Crippen molar-refractivity contribution in [3.8, 4) is 5.75 Å². The molecule has 1 N–H and O–H groups in total. The molecule has 0 unspecified atom stereocenters. The van der Waals surface area contributed by atoms with Crippen LogP contribution in [0.15, 0.2) is 78.9 Å². The molecular formula is C28H28O3. The highest BCUT2D eigenvalue weighted by Gasteiger charge is 2.13. The van der Waals surface area contributed by atoms with Crippen molar-refractivity contribution in [2.75, 3.05) is 0 Å². The van der Waals surface area contributed by atoms with Crippen molar-refractivity contribution in [3.05, 3.63) is 90.0 Å². The van der Waals surface area contributed by atoms with Crippen molar-refractivity contribution in [3.63, 3.8) is 0 Å². The molecule has 0 aliphatic carbocycles. The summed E-state index contributed by atoms with van der Waals surface area (Å²) >= 11 is 0. The first-order chi connectivity index (χ1) is 15.1. The lowest BCUT2D eigenvalue weighted by Gasteiger charge is -2.07. The van der Waals surface area contributed by atoms with E-state index >= 15 is 0 Å². The molecule has 4 rings (SSSR count). The molecule has 0 heterocycles. The van der Waals surface area contributed by atoms with Crippen LogP contribution < -0.4 is 0 Å². The van der Waals surface area contributed by atoms with Gasteiger partial charge in [-0.05, 0) is 40.5 Å². The Morgan fingerprint density at radius 3 is 1.87 bits per heavy atom. The van der Waals surface area contributed by atoms with Crippen LogP contribution in [0.5, 0.6) is 5.75 Å². The Morgan fingerprint density at radius 1 is 0.645 bits per heavy atom. The Bertz CT molecular complexity index is 1200. The van der Waals surface area contributed by atoms with Crippen LogP contribution in [0.4, 0.5) is 0 Å². The average molecular weight is 413 g/mol. The molecule has 3 heteroatoms. The SMILES string of the molecule is CCCC(=O)c1c(O)ccc2ccccc12.CCCC(=O)c1cccc2ccccc12. The van der Waals surface area contributed by atoms with Crippen molar-refractivity contribution in [2.45, 2.75) is 39.5 Å². The Hall–Kier alpha value is -3.46. The summed E-state index contributed by atoms with van der Waals surface area (Å²) in [6.45, 7) is 3.99. The topological polar surface area (TPSA) is 54.4 Å². The second kappa shape index (κ2) is 10.5. The van der Waals surface area contributed by atoms with Crippen molar-refractivity contribution < 1.29 is 14.7 Å². The summed E-state index contributed by atoms with van der Waals surface area (Å²) in [6.07, 6.45) is 2.80. The van der Waals surface area contributed by atoms with Gasteiger partial charge in [-0.2, -0.15) is 0 Å². The third-order valence-electron chi connectivity index (χ3n) is 5.23. The van der Waals surface area contributed by atoms with Crippen molar-refractivity contribution in [2.24, 2.45) is 0 Å². The molecule has 0 aliphatic rings. The number of carbonyl (C=O) groups is 2. The molecule has 0 spiro atoms. The maximum atomic E-state index is 11.9. The number of benzene rings is 4. The predicted octanol–water partition coefficient (Wildman–Crippen LogP) is 7.35. The minimum atomic E-state index is 0.0109. The molecule has 0 radical (unpaired) electrons. The maximum absolute atomic E-state index is 11.9. The summed E-state index contributed by atoms with van der Waals surface area (Å²) < 4.78 is 0. The number of hydrogen-bond donors (Lipinski definition) is 1. The van der Waals surface area contributed by atoms with Crippen LogP contribution in [-0.4, -0.2) is 16.7 Å². The molecule has 0 aliphatic heterocycles. The largest absolute Gasteiger partial charge is 0.507 e. The highest BCUT2D eigenvalue weighted by atomic mass is 16.3. The lowest BCUT2D eigenvalue weighted by molar-refractivity contribution is 0.0973. The number of Topliss-reactive ketones (excluding diaryl/α,β-unsaturated/α-hetero) is 2. The van der Waals surface area contributed by atoms with Gasteiger partial charge in [0, 0.05) is 18.4 Å². The van der Waals surface area contributed by atoms with Gasteiger partial charge in [-0.1, -0.05) is 86.6 Å². The molecule has 0 saturated heterocycles. The zero-order chi connectivity index (χ0) is 22.2. The first-order valence-corrected chi connectivity index (χ1v) is 10.8. The van der Waals surface area contributed by atoms with Gasteiger partial charge in [-0.15, -0.1) is 0 Å². The van der Waals surface area contributed by atoms with E-state index in [9.17, 15) is 14.7 Å². The van der Waals surface area contributed by atoms with E-state index in [-0.39, 0.29) is 17.3 Å². The van der Waals surface area contributed by atoms with Gasteiger partial charge in [0.1, 0.15) is 5.75 Å². The van der Waals surface area contributed by atoms with E-state index in [1.807, 2.05) is 86.6 Å². The highest BCUT2D eigenvalue weighted by Crippen LogP contribution is 2.28. The van der Waals surface area contributed by atoms with Crippen molar-refractivity contribution in [1.29, 1.82) is 0 Å². The number of fused-ring (bicyclic) bond motifs is 2. The molecule has 4 aromatic rings. The number of hydrogen-bond acceptors (Lipinski definition) is 3. The number of ketones is 2. The van der Waals surface area contributed by atoms with Crippen LogP contribution >= 0.6 is 0 Å². The fraction of sp³-hybridized carbons (Fsp3) is 0.214. The standard InChI is InChI=1S/C14H14O2.C14H14O/c1-2-5-12(15)14-11-7-4-3-6-10(11)8-9-13(14)16;1-2-6-14(15)13-10-5-8-11-7-3-4-9-12(11)13/h3-4,6-9,16H,2,5H2,1H3;3-5,7-10H,2,6H2,1H3. The third-order valence-corrected chi connectivity index (χ3v) is 5.23. The molecule has 0 aromatic heterocycles. The van der Waals surface area contributed by atoms with Crippen LogP contribution in [-0.2, 0) is 0 Å². The minimum Gasteiger partial charge on any atom is -0.507 e. The van der Waals surface area contributed by atoms with E-state index in [1.54, 1.807) is 6.07 Å². The normalized spacial score (nSPS) is 10.5.